The third-order valence-corrected chi connectivity index (χ3v) is 5.50. The van der Waals surface area contributed by atoms with Crippen molar-refractivity contribution in [3.8, 4) is 11.5 Å². The molecule has 0 aliphatic carbocycles. The molecule has 0 spiro atoms. The lowest BCUT2D eigenvalue weighted by molar-refractivity contribution is 0.0692. The van der Waals surface area contributed by atoms with Gasteiger partial charge in [0.05, 0.1) is 24.8 Å². The number of hydrogen-bond acceptors (Lipinski definition) is 5. The molecule has 8 heteroatoms. The van der Waals surface area contributed by atoms with Gasteiger partial charge in [-0.3, -0.25) is 4.31 Å². The van der Waals surface area contributed by atoms with Crippen LogP contribution in [0.5, 0.6) is 11.5 Å². The van der Waals surface area contributed by atoms with Crippen LogP contribution in [0.4, 0.5) is 5.69 Å². The molecule has 0 amide bonds. The minimum Gasteiger partial charge on any atom is -0.493 e. The number of carboxylic acid groups (broad SMARTS) is 1. The fourth-order valence-electron chi connectivity index (χ4n) is 2.30. The highest BCUT2D eigenvalue weighted by Gasteiger charge is 2.27. The molecule has 0 saturated carbocycles. The predicted octanol–water partition coefficient (Wildman–Crippen LogP) is 2.54. The Kier molecular flexibility index (Phi) is 5.22. The fraction of sp³-hybridized carbons (Fsp3) is 0.235. The van der Waals surface area contributed by atoms with Gasteiger partial charge in [-0.25, -0.2) is 13.2 Å². The summed E-state index contributed by atoms with van der Waals surface area (Å²) in [4.78, 5) is 11.3. The molecule has 0 heterocycles. The first kappa shape index (κ1) is 18.6. The van der Waals surface area contributed by atoms with Gasteiger partial charge in [-0.2, -0.15) is 0 Å². The number of ether oxygens (including phenoxy) is 2. The lowest BCUT2D eigenvalue weighted by Crippen LogP contribution is -2.27. The van der Waals surface area contributed by atoms with Crippen LogP contribution in [-0.4, -0.2) is 40.8 Å². The van der Waals surface area contributed by atoms with Gasteiger partial charge < -0.3 is 14.6 Å². The molecule has 134 valence electrons. The molecule has 1 N–H and O–H groups in total. The normalized spacial score (nSPS) is 11.0. The number of aromatic carboxylic acids is 1. The van der Waals surface area contributed by atoms with Gasteiger partial charge in [-0.15, -0.1) is 0 Å². The Bertz CT molecular complexity index is 890. The molecule has 0 atom stereocenters. The second kappa shape index (κ2) is 7.02. The SMILES string of the molecule is COc1cc(S(=O)(=O)N(C)c2ccc(C)cc2)cc(C(=O)O)c1OC. The maximum absolute atomic E-state index is 12.9. The largest absolute Gasteiger partial charge is 0.493 e. The molecule has 0 fully saturated rings. The van der Waals surface area contributed by atoms with Crippen LogP contribution in [0.25, 0.3) is 0 Å². The van der Waals surface area contributed by atoms with Crippen molar-refractivity contribution in [2.45, 2.75) is 11.8 Å². The van der Waals surface area contributed by atoms with E-state index in [0.717, 1.165) is 15.9 Å². The van der Waals surface area contributed by atoms with E-state index in [0.29, 0.717) is 5.69 Å². The second-order valence-corrected chi connectivity index (χ2v) is 7.29. The van der Waals surface area contributed by atoms with Crippen LogP contribution in [0.2, 0.25) is 0 Å². The minimum absolute atomic E-state index is 0.0262. The number of rotatable bonds is 6. The Morgan fingerprint density at radius 3 is 2.16 bits per heavy atom. The molecule has 2 rings (SSSR count). The maximum atomic E-state index is 12.9. The zero-order valence-electron chi connectivity index (χ0n) is 14.3. The standard InChI is InChI=1S/C17H19NO6S/c1-11-5-7-12(8-6-11)18(2)25(21,22)13-9-14(17(19)20)16(24-4)15(10-13)23-3/h5-10H,1-4H3,(H,19,20). The van der Waals surface area contributed by atoms with Crippen molar-refractivity contribution in [1.29, 1.82) is 0 Å². The van der Waals surface area contributed by atoms with Crippen LogP contribution in [0.15, 0.2) is 41.3 Å². The smallest absolute Gasteiger partial charge is 0.339 e. The molecule has 0 radical (unpaired) electrons. The van der Waals surface area contributed by atoms with Crippen LogP contribution in [0, 0.1) is 6.92 Å². The monoisotopic (exact) mass is 365 g/mol. The van der Waals surface area contributed by atoms with Gasteiger partial charge in [-0.1, -0.05) is 17.7 Å². The summed E-state index contributed by atoms with van der Waals surface area (Å²) in [6, 6.07) is 9.23. The summed E-state index contributed by atoms with van der Waals surface area (Å²) in [5.74, 6) is -1.32. The Hall–Kier alpha value is -2.74. The van der Waals surface area contributed by atoms with Gasteiger partial charge in [0.2, 0.25) is 0 Å². The zero-order valence-corrected chi connectivity index (χ0v) is 15.1. The van der Waals surface area contributed by atoms with E-state index in [-0.39, 0.29) is 22.0 Å². The number of carbonyl (C=O) groups is 1. The lowest BCUT2D eigenvalue weighted by atomic mass is 10.2. The van der Waals surface area contributed by atoms with Crippen molar-refractivity contribution in [3.63, 3.8) is 0 Å². The van der Waals surface area contributed by atoms with E-state index in [1.807, 2.05) is 6.92 Å². The number of benzene rings is 2. The quantitative estimate of drug-likeness (QED) is 0.846. The Morgan fingerprint density at radius 1 is 1.08 bits per heavy atom. The van der Waals surface area contributed by atoms with E-state index >= 15 is 0 Å². The Balaban J connectivity index is 2.60. The van der Waals surface area contributed by atoms with E-state index in [2.05, 4.69) is 0 Å². The molecular formula is C17H19NO6S. The first-order valence-electron chi connectivity index (χ1n) is 7.27. The second-order valence-electron chi connectivity index (χ2n) is 5.32. The maximum Gasteiger partial charge on any atom is 0.339 e. The molecule has 2 aromatic rings. The Labute approximate surface area is 146 Å². The number of carboxylic acids is 1. The van der Waals surface area contributed by atoms with Crippen LogP contribution < -0.4 is 13.8 Å². The molecule has 0 saturated heterocycles. The summed E-state index contributed by atoms with van der Waals surface area (Å²) >= 11 is 0. The number of methoxy groups -OCH3 is 2. The van der Waals surface area contributed by atoms with Gasteiger partial charge in [-0.05, 0) is 25.1 Å². The summed E-state index contributed by atoms with van der Waals surface area (Å²) in [6.45, 7) is 1.89. The van der Waals surface area contributed by atoms with Gasteiger partial charge in [0.15, 0.2) is 11.5 Å². The highest BCUT2D eigenvalue weighted by atomic mass is 32.2. The summed E-state index contributed by atoms with van der Waals surface area (Å²) < 4.78 is 37.0. The van der Waals surface area contributed by atoms with E-state index in [1.165, 1.54) is 27.3 Å². The van der Waals surface area contributed by atoms with E-state index in [1.54, 1.807) is 24.3 Å². The van der Waals surface area contributed by atoms with Crippen molar-refractivity contribution in [3.05, 3.63) is 47.5 Å². The molecular weight excluding hydrogens is 346 g/mol. The van der Waals surface area contributed by atoms with Crippen molar-refractivity contribution in [2.24, 2.45) is 0 Å². The molecule has 0 unspecified atom stereocenters. The molecule has 0 aromatic heterocycles. The highest BCUT2D eigenvalue weighted by Crippen LogP contribution is 2.35. The number of anilines is 1. The number of aryl methyl sites for hydroxylation is 1. The highest BCUT2D eigenvalue weighted by molar-refractivity contribution is 7.92. The minimum atomic E-state index is -3.98. The van der Waals surface area contributed by atoms with Gasteiger partial charge in [0.1, 0.15) is 5.56 Å². The molecule has 7 nitrogen and oxygen atoms in total. The lowest BCUT2D eigenvalue weighted by Gasteiger charge is -2.21. The molecule has 0 aliphatic rings. The third kappa shape index (κ3) is 3.53. The summed E-state index contributed by atoms with van der Waals surface area (Å²) in [7, 11) is 0.0136. The average Bonchev–Trinajstić information content (AvgIpc) is 2.60. The van der Waals surface area contributed by atoms with Crippen molar-refractivity contribution >= 4 is 21.7 Å². The van der Waals surface area contributed by atoms with Gasteiger partial charge in [0.25, 0.3) is 10.0 Å². The molecule has 0 aliphatic heterocycles. The van der Waals surface area contributed by atoms with Crippen molar-refractivity contribution in [1.82, 2.24) is 0 Å². The van der Waals surface area contributed by atoms with E-state index in [9.17, 15) is 18.3 Å². The first-order chi connectivity index (χ1) is 11.7. The van der Waals surface area contributed by atoms with Crippen molar-refractivity contribution in [2.75, 3.05) is 25.6 Å². The molecule has 0 bridgehead atoms. The van der Waals surface area contributed by atoms with Crippen LogP contribution in [-0.2, 0) is 10.0 Å². The van der Waals surface area contributed by atoms with Crippen LogP contribution in [0.3, 0.4) is 0 Å². The summed E-state index contributed by atoms with van der Waals surface area (Å²) in [5, 5.41) is 9.35. The topological polar surface area (TPSA) is 93.1 Å². The Morgan fingerprint density at radius 2 is 1.68 bits per heavy atom. The molecule has 2 aromatic carbocycles. The molecule has 25 heavy (non-hydrogen) atoms. The van der Waals surface area contributed by atoms with Crippen LogP contribution >= 0.6 is 0 Å². The van der Waals surface area contributed by atoms with E-state index < -0.39 is 16.0 Å². The van der Waals surface area contributed by atoms with Gasteiger partial charge >= 0.3 is 5.97 Å². The third-order valence-electron chi connectivity index (χ3n) is 3.74. The van der Waals surface area contributed by atoms with Gasteiger partial charge in [0, 0.05) is 13.1 Å². The van der Waals surface area contributed by atoms with Crippen molar-refractivity contribution < 1.29 is 27.8 Å². The number of nitrogens with zero attached hydrogens (tertiary/aromatic N) is 1. The predicted molar refractivity (Wildman–Crippen MR) is 93.3 cm³/mol. The fourth-order valence-corrected chi connectivity index (χ4v) is 3.54. The zero-order chi connectivity index (χ0) is 18.8. The number of hydrogen-bond donors (Lipinski definition) is 1. The average molecular weight is 365 g/mol. The first-order valence-corrected chi connectivity index (χ1v) is 8.71. The van der Waals surface area contributed by atoms with E-state index in [4.69, 9.17) is 9.47 Å². The van der Waals surface area contributed by atoms with Crippen LogP contribution in [0.1, 0.15) is 15.9 Å². The summed E-state index contributed by atoms with van der Waals surface area (Å²) in [6.07, 6.45) is 0. The number of sulfonamides is 1. The summed E-state index contributed by atoms with van der Waals surface area (Å²) in [5.41, 5.74) is 1.16.